The molecule has 0 bridgehead atoms. The van der Waals surface area contributed by atoms with E-state index < -0.39 is 0 Å². The van der Waals surface area contributed by atoms with E-state index in [-0.39, 0.29) is 0 Å². The van der Waals surface area contributed by atoms with Gasteiger partial charge >= 0.3 is 0 Å². The van der Waals surface area contributed by atoms with E-state index in [9.17, 15) is 0 Å². The van der Waals surface area contributed by atoms with E-state index in [0.717, 1.165) is 16.9 Å². The summed E-state index contributed by atoms with van der Waals surface area (Å²) in [7, 11) is 3.39. The summed E-state index contributed by atoms with van der Waals surface area (Å²) >= 11 is 6.09. The summed E-state index contributed by atoms with van der Waals surface area (Å²) in [6.45, 7) is 0. The summed E-state index contributed by atoms with van der Waals surface area (Å²) in [5, 5.41) is 3.43. The molecule has 0 amide bonds. The molecule has 6 nitrogen and oxygen atoms in total. The predicted octanol–water partition coefficient (Wildman–Crippen LogP) is 2.91. The van der Waals surface area contributed by atoms with Crippen molar-refractivity contribution in [3.05, 3.63) is 29.3 Å². The second-order valence-electron chi connectivity index (χ2n) is 4.48. The van der Waals surface area contributed by atoms with Crippen LogP contribution >= 0.6 is 11.6 Å². The molecule has 108 valence electrons. The minimum atomic E-state index is 0.454. The van der Waals surface area contributed by atoms with Gasteiger partial charge in [-0.15, -0.1) is 0 Å². The lowest BCUT2D eigenvalue weighted by molar-refractivity contribution is 0.416. The van der Waals surface area contributed by atoms with Gasteiger partial charge in [-0.2, -0.15) is 0 Å². The summed E-state index contributed by atoms with van der Waals surface area (Å²) < 4.78 is 5.35. The third kappa shape index (κ3) is 2.34. The van der Waals surface area contributed by atoms with E-state index in [4.69, 9.17) is 22.1 Å². The minimum Gasteiger partial charge on any atom is -0.496 e. The van der Waals surface area contributed by atoms with E-state index in [2.05, 4.69) is 20.3 Å². The third-order valence-corrected chi connectivity index (χ3v) is 3.50. The number of aromatic nitrogens is 3. The number of hydrogen-bond acceptors (Lipinski definition) is 5. The monoisotopic (exact) mass is 303 g/mol. The number of rotatable bonds is 3. The molecule has 4 N–H and O–H groups in total. The van der Waals surface area contributed by atoms with Gasteiger partial charge in [0.2, 0.25) is 0 Å². The van der Waals surface area contributed by atoms with Gasteiger partial charge in [0, 0.05) is 13.1 Å². The molecule has 0 aliphatic carbocycles. The van der Waals surface area contributed by atoms with Crippen LogP contribution in [0, 0.1) is 0 Å². The van der Waals surface area contributed by atoms with Gasteiger partial charge in [-0.05, 0) is 18.2 Å². The standard InChI is InChI=1S/C14H14ClN5O/c1-17-12-4-3-10-14(19-12)20-13(18-10)7-5-8(15)9(16)6-11(7)21-2/h3-6H,16H2,1-2H3,(H2,17,18,19,20). The van der Waals surface area contributed by atoms with Crippen LogP contribution in [0.5, 0.6) is 5.75 Å². The first-order valence-corrected chi connectivity index (χ1v) is 6.68. The molecule has 0 aliphatic heterocycles. The number of fused-ring (bicyclic) bond motifs is 1. The topological polar surface area (TPSA) is 88.9 Å². The Morgan fingerprint density at radius 3 is 2.81 bits per heavy atom. The van der Waals surface area contributed by atoms with Crippen molar-refractivity contribution in [2.24, 2.45) is 0 Å². The molecule has 0 saturated heterocycles. The molecule has 0 atom stereocenters. The normalized spacial score (nSPS) is 10.8. The second kappa shape index (κ2) is 5.14. The number of hydrogen-bond donors (Lipinski definition) is 3. The van der Waals surface area contributed by atoms with Crippen molar-refractivity contribution < 1.29 is 4.74 Å². The summed E-state index contributed by atoms with van der Waals surface area (Å²) in [5.41, 5.74) is 8.44. The Morgan fingerprint density at radius 1 is 1.29 bits per heavy atom. The molecule has 7 heteroatoms. The zero-order chi connectivity index (χ0) is 15.0. The maximum atomic E-state index is 6.09. The molecule has 0 radical (unpaired) electrons. The second-order valence-corrected chi connectivity index (χ2v) is 4.88. The van der Waals surface area contributed by atoms with Crippen molar-refractivity contribution in [3.8, 4) is 17.1 Å². The first-order valence-electron chi connectivity index (χ1n) is 6.30. The van der Waals surface area contributed by atoms with E-state index in [0.29, 0.717) is 27.9 Å². The summed E-state index contributed by atoms with van der Waals surface area (Å²) in [4.78, 5) is 12.1. The van der Waals surface area contributed by atoms with Crippen LogP contribution in [0.3, 0.4) is 0 Å². The van der Waals surface area contributed by atoms with Crippen LogP contribution in [0.15, 0.2) is 24.3 Å². The van der Waals surface area contributed by atoms with Crippen LogP contribution in [0.1, 0.15) is 0 Å². The van der Waals surface area contributed by atoms with Crippen molar-refractivity contribution in [2.75, 3.05) is 25.2 Å². The predicted molar refractivity (Wildman–Crippen MR) is 84.8 cm³/mol. The highest BCUT2D eigenvalue weighted by molar-refractivity contribution is 6.33. The van der Waals surface area contributed by atoms with Gasteiger partial charge in [-0.1, -0.05) is 11.6 Å². The smallest absolute Gasteiger partial charge is 0.180 e. The lowest BCUT2D eigenvalue weighted by atomic mass is 10.1. The number of nitrogens with zero attached hydrogens (tertiary/aromatic N) is 2. The SMILES string of the molecule is CNc1ccc2[nH]c(-c3cc(Cl)c(N)cc3OC)nc2n1. The Kier molecular flexibility index (Phi) is 3.31. The highest BCUT2D eigenvalue weighted by Crippen LogP contribution is 2.35. The van der Waals surface area contributed by atoms with Gasteiger partial charge in [-0.3, -0.25) is 0 Å². The van der Waals surface area contributed by atoms with Crippen LogP contribution in [0.25, 0.3) is 22.6 Å². The number of imidazole rings is 1. The fraction of sp³-hybridized carbons (Fsp3) is 0.143. The lowest BCUT2D eigenvalue weighted by Crippen LogP contribution is -1.94. The average molecular weight is 304 g/mol. The Labute approximate surface area is 126 Å². The fourth-order valence-corrected chi connectivity index (χ4v) is 2.25. The van der Waals surface area contributed by atoms with Gasteiger partial charge in [0.25, 0.3) is 0 Å². The van der Waals surface area contributed by atoms with Gasteiger partial charge in [0.05, 0.1) is 28.9 Å². The number of nitrogen functional groups attached to an aromatic ring is 1. The van der Waals surface area contributed by atoms with Crippen molar-refractivity contribution in [2.45, 2.75) is 0 Å². The molecule has 21 heavy (non-hydrogen) atoms. The highest BCUT2D eigenvalue weighted by atomic mass is 35.5. The molecule has 2 heterocycles. The van der Waals surface area contributed by atoms with Crippen molar-refractivity contribution in [1.82, 2.24) is 15.0 Å². The number of halogens is 1. The van der Waals surface area contributed by atoms with Gasteiger partial charge in [0.15, 0.2) is 5.65 Å². The molecule has 0 unspecified atom stereocenters. The first kappa shape index (κ1) is 13.5. The summed E-state index contributed by atoms with van der Waals surface area (Å²) in [6, 6.07) is 7.19. The third-order valence-electron chi connectivity index (χ3n) is 3.18. The number of methoxy groups -OCH3 is 1. The van der Waals surface area contributed by atoms with E-state index in [1.807, 2.05) is 19.2 Å². The first-order chi connectivity index (χ1) is 10.1. The van der Waals surface area contributed by atoms with Gasteiger partial charge in [0.1, 0.15) is 17.4 Å². The lowest BCUT2D eigenvalue weighted by Gasteiger charge is -2.08. The molecule has 3 aromatic rings. The number of anilines is 2. The maximum Gasteiger partial charge on any atom is 0.180 e. The fourth-order valence-electron chi connectivity index (χ4n) is 2.08. The number of benzene rings is 1. The van der Waals surface area contributed by atoms with Crippen LogP contribution in [-0.2, 0) is 0 Å². The number of aromatic amines is 1. The molecular formula is C14H14ClN5O. The van der Waals surface area contributed by atoms with Gasteiger partial charge in [-0.25, -0.2) is 9.97 Å². The number of pyridine rings is 1. The molecule has 3 rings (SSSR count). The number of nitrogens with one attached hydrogen (secondary N) is 2. The van der Waals surface area contributed by atoms with E-state index in [1.54, 1.807) is 19.2 Å². The molecule has 0 saturated carbocycles. The highest BCUT2D eigenvalue weighted by Gasteiger charge is 2.14. The average Bonchev–Trinajstić information content (AvgIpc) is 2.92. The van der Waals surface area contributed by atoms with E-state index in [1.165, 1.54) is 0 Å². The van der Waals surface area contributed by atoms with Crippen LogP contribution < -0.4 is 15.8 Å². The summed E-state index contributed by atoms with van der Waals surface area (Å²) in [5.74, 6) is 1.98. The Balaban J connectivity index is 2.18. The van der Waals surface area contributed by atoms with E-state index >= 15 is 0 Å². The largest absolute Gasteiger partial charge is 0.496 e. The molecule has 0 spiro atoms. The molecule has 0 fully saturated rings. The Hall–Kier alpha value is -2.47. The zero-order valence-corrected chi connectivity index (χ0v) is 12.3. The summed E-state index contributed by atoms with van der Waals surface area (Å²) in [6.07, 6.45) is 0. The molecule has 2 aromatic heterocycles. The van der Waals surface area contributed by atoms with Crippen molar-refractivity contribution in [3.63, 3.8) is 0 Å². The van der Waals surface area contributed by atoms with Gasteiger partial charge < -0.3 is 20.8 Å². The molecule has 1 aromatic carbocycles. The minimum absolute atomic E-state index is 0.454. The Morgan fingerprint density at radius 2 is 2.10 bits per heavy atom. The Bertz CT molecular complexity index is 814. The van der Waals surface area contributed by atoms with Crippen molar-refractivity contribution in [1.29, 1.82) is 0 Å². The molecule has 0 aliphatic rings. The van der Waals surface area contributed by atoms with Crippen molar-refractivity contribution >= 4 is 34.3 Å². The quantitative estimate of drug-likeness (QED) is 0.647. The van der Waals surface area contributed by atoms with Crippen LogP contribution in [0.4, 0.5) is 11.5 Å². The number of ether oxygens (including phenoxy) is 1. The maximum absolute atomic E-state index is 6.09. The number of nitrogens with two attached hydrogens (primary N) is 1. The van der Waals surface area contributed by atoms with Crippen LogP contribution in [0.2, 0.25) is 5.02 Å². The zero-order valence-electron chi connectivity index (χ0n) is 11.6. The molecular weight excluding hydrogens is 290 g/mol. The number of H-pyrrole nitrogens is 1. The van der Waals surface area contributed by atoms with Crippen LogP contribution in [-0.4, -0.2) is 29.1 Å².